The number of halogens is 1. The van der Waals surface area contributed by atoms with Crippen LogP contribution in [0.15, 0.2) is 30.5 Å². The first kappa shape index (κ1) is 13.1. The lowest BCUT2D eigenvalue weighted by Gasteiger charge is -2.11. The minimum atomic E-state index is -0.0787. The van der Waals surface area contributed by atoms with Gasteiger partial charge in [-0.1, -0.05) is 48.9 Å². The van der Waals surface area contributed by atoms with E-state index in [0.717, 1.165) is 16.3 Å². The van der Waals surface area contributed by atoms with Crippen LogP contribution >= 0.6 is 11.6 Å². The van der Waals surface area contributed by atoms with E-state index in [4.69, 9.17) is 17.3 Å². The summed E-state index contributed by atoms with van der Waals surface area (Å²) in [5.41, 5.74) is 7.87. The van der Waals surface area contributed by atoms with Crippen molar-refractivity contribution >= 4 is 11.6 Å². The number of hydrogen-bond acceptors (Lipinski definition) is 3. The molecule has 1 unspecified atom stereocenters. The minimum Gasteiger partial charge on any atom is -0.322 e. The largest absolute Gasteiger partial charge is 0.322 e. The predicted molar refractivity (Wildman–Crippen MR) is 72.3 cm³/mol. The molecule has 0 saturated heterocycles. The Kier molecular flexibility index (Phi) is 3.99. The lowest BCUT2D eigenvalue weighted by atomic mass is 10.0. The maximum Gasteiger partial charge on any atom is 0.0996 e. The van der Waals surface area contributed by atoms with Gasteiger partial charge in [0.05, 0.1) is 24.5 Å². The Morgan fingerprint density at radius 1 is 1.33 bits per heavy atom. The zero-order valence-electron chi connectivity index (χ0n) is 10.5. The van der Waals surface area contributed by atoms with Crippen molar-refractivity contribution in [3.8, 4) is 0 Å². The second kappa shape index (κ2) is 5.50. The van der Waals surface area contributed by atoms with Gasteiger partial charge in [0.2, 0.25) is 0 Å². The number of nitrogens with zero attached hydrogens (tertiary/aromatic N) is 3. The van der Waals surface area contributed by atoms with Crippen LogP contribution < -0.4 is 5.73 Å². The molecule has 0 fully saturated rings. The average Bonchev–Trinajstić information content (AvgIpc) is 2.79. The van der Waals surface area contributed by atoms with E-state index in [0.29, 0.717) is 12.5 Å². The topological polar surface area (TPSA) is 56.7 Å². The fourth-order valence-corrected chi connectivity index (χ4v) is 1.88. The van der Waals surface area contributed by atoms with Crippen LogP contribution in [-0.4, -0.2) is 15.0 Å². The number of nitrogens with two attached hydrogens (primary N) is 1. The number of benzene rings is 1. The Morgan fingerprint density at radius 2 is 2.06 bits per heavy atom. The van der Waals surface area contributed by atoms with Gasteiger partial charge >= 0.3 is 0 Å². The second-order valence-electron chi connectivity index (χ2n) is 4.70. The molecule has 1 aromatic heterocycles. The molecule has 0 aliphatic heterocycles. The van der Waals surface area contributed by atoms with Crippen molar-refractivity contribution in [2.45, 2.75) is 26.4 Å². The first-order valence-electron chi connectivity index (χ1n) is 5.97. The van der Waals surface area contributed by atoms with Crippen molar-refractivity contribution in [1.29, 1.82) is 0 Å². The van der Waals surface area contributed by atoms with Crippen LogP contribution in [0.3, 0.4) is 0 Å². The van der Waals surface area contributed by atoms with Gasteiger partial charge in [0.15, 0.2) is 0 Å². The minimum absolute atomic E-state index is 0.0787. The molecule has 4 nitrogen and oxygen atoms in total. The van der Waals surface area contributed by atoms with Crippen molar-refractivity contribution in [2.24, 2.45) is 11.7 Å². The summed E-state index contributed by atoms with van der Waals surface area (Å²) in [7, 11) is 0. The van der Waals surface area contributed by atoms with Gasteiger partial charge in [-0.2, -0.15) is 0 Å². The van der Waals surface area contributed by atoms with E-state index in [1.54, 1.807) is 4.68 Å². The second-order valence-corrected chi connectivity index (χ2v) is 5.11. The van der Waals surface area contributed by atoms with Crippen LogP contribution in [0.2, 0.25) is 5.02 Å². The third-order valence-corrected chi connectivity index (χ3v) is 3.28. The first-order valence-corrected chi connectivity index (χ1v) is 6.34. The molecule has 96 valence electrons. The monoisotopic (exact) mass is 264 g/mol. The standard InChI is InChI=1S/C13H17ClN4/c1-9(2)13(15)12-8-18(17-16-12)7-10-5-3-4-6-11(10)14/h3-6,8-9,13H,7,15H2,1-2H3. The van der Waals surface area contributed by atoms with Crippen LogP contribution in [0.4, 0.5) is 0 Å². The highest BCUT2D eigenvalue weighted by molar-refractivity contribution is 6.31. The van der Waals surface area contributed by atoms with Gasteiger partial charge < -0.3 is 5.73 Å². The Balaban J connectivity index is 2.14. The van der Waals surface area contributed by atoms with Crippen molar-refractivity contribution in [3.63, 3.8) is 0 Å². The summed E-state index contributed by atoms with van der Waals surface area (Å²) in [6, 6.07) is 7.64. The molecular weight excluding hydrogens is 248 g/mol. The number of rotatable bonds is 4. The zero-order valence-corrected chi connectivity index (χ0v) is 11.3. The lowest BCUT2D eigenvalue weighted by Crippen LogP contribution is -2.17. The maximum atomic E-state index is 6.11. The van der Waals surface area contributed by atoms with E-state index in [-0.39, 0.29) is 6.04 Å². The third-order valence-electron chi connectivity index (χ3n) is 2.91. The maximum absolute atomic E-state index is 6.11. The average molecular weight is 265 g/mol. The van der Waals surface area contributed by atoms with Crippen molar-refractivity contribution < 1.29 is 0 Å². The van der Waals surface area contributed by atoms with Crippen molar-refractivity contribution in [3.05, 3.63) is 46.7 Å². The summed E-state index contributed by atoms with van der Waals surface area (Å²) in [6.45, 7) is 4.74. The smallest absolute Gasteiger partial charge is 0.0996 e. The lowest BCUT2D eigenvalue weighted by molar-refractivity contribution is 0.502. The molecule has 0 spiro atoms. The van der Waals surface area contributed by atoms with E-state index >= 15 is 0 Å². The Hall–Kier alpha value is -1.39. The van der Waals surface area contributed by atoms with E-state index in [9.17, 15) is 0 Å². The summed E-state index contributed by atoms with van der Waals surface area (Å²) in [5.74, 6) is 0.343. The number of hydrogen-bond donors (Lipinski definition) is 1. The van der Waals surface area contributed by atoms with Gasteiger partial charge in [-0.25, -0.2) is 4.68 Å². The molecule has 1 atom stereocenters. The first-order chi connectivity index (χ1) is 8.58. The van der Waals surface area contributed by atoms with Crippen molar-refractivity contribution in [1.82, 2.24) is 15.0 Å². The Bertz CT molecular complexity index is 521. The summed E-state index contributed by atoms with van der Waals surface area (Å²) in [6.07, 6.45) is 1.88. The highest BCUT2D eigenvalue weighted by atomic mass is 35.5. The van der Waals surface area contributed by atoms with Gasteiger partial charge in [0.25, 0.3) is 0 Å². The Morgan fingerprint density at radius 3 is 2.72 bits per heavy atom. The van der Waals surface area contributed by atoms with Crippen LogP contribution in [0.1, 0.15) is 31.1 Å². The molecule has 2 aromatic rings. The normalized spacial score (nSPS) is 12.9. The fourth-order valence-electron chi connectivity index (χ4n) is 1.69. The molecule has 2 N–H and O–H groups in total. The predicted octanol–water partition coefficient (Wildman–Crippen LogP) is 2.64. The van der Waals surface area contributed by atoms with Crippen LogP contribution in [0.25, 0.3) is 0 Å². The summed E-state index contributed by atoms with van der Waals surface area (Å²) < 4.78 is 1.76. The van der Waals surface area contributed by atoms with Crippen molar-refractivity contribution in [2.75, 3.05) is 0 Å². The summed E-state index contributed by atoms with van der Waals surface area (Å²) in [4.78, 5) is 0. The highest BCUT2D eigenvalue weighted by Gasteiger charge is 2.14. The molecule has 1 aromatic carbocycles. The summed E-state index contributed by atoms with van der Waals surface area (Å²) >= 11 is 6.11. The van der Waals surface area contributed by atoms with Crippen LogP contribution in [0.5, 0.6) is 0 Å². The molecule has 5 heteroatoms. The quantitative estimate of drug-likeness (QED) is 0.924. The molecule has 0 aliphatic rings. The SMILES string of the molecule is CC(C)C(N)c1cn(Cc2ccccc2Cl)nn1. The van der Waals surface area contributed by atoms with E-state index < -0.39 is 0 Å². The molecule has 2 rings (SSSR count). The molecule has 0 aliphatic carbocycles. The zero-order chi connectivity index (χ0) is 13.1. The molecule has 0 saturated carbocycles. The third kappa shape index (κ3) is 2.89. The molecule has 0 radical (unpaired) electrons. The highest BCUT2D eigenvalue weighted by Crippen LogP contribution is 2.18. The van der Waals surface area contributed by atoms with Crippen LogP contribution in [-0.2, 0) is 6.54 Å². The Labute approximate surface area is 112 Å². The molecular formula is C13H17ClN4. The van der Waals surface area contributed by atoms with E-state index in [2.05, 4.69) is 24.2 Å². The van der Waals surface area contributed by atoms with E-state index in [1.165, 1.54) is 0 Å². The van der Waals surface area contributed by atoms with E-state index in [1.807, 2.05) is 30.5 Å². The summed E-state index contributed by atoms with van der Waals surface area (Å²) in [5, 5.41) is 8.93. The van der Waals surface area contributed by atoms with Gasteiger partial charge in [-0.3, -0.25) is 0 Å². The molecule has 0 bridgehead atoms. The number of aromatic nitrogens is 3. The molecule has 1 heterocycles. The van der Waals surface area contributed by atoms with Gasteiger partial charge in [0, 0.05) is 5.02 Å². The molecule has 0 amide bonds. The van der Waals surface area contributed by atoms with Crippen LogP contribution in [0, 0.1) is 5.92 Å². The molecule has 18 heavy (non-hydrogen) atoms. The fraction of sp³-hybridized carbons (Fsp3) is 0.385. The van der Waals surface area contributed by atoms with Gasteiger partial charge in [-0.05, 0) is 17.5 Å². The van der Waals surface area contributed by atoms with Gasteiger partial charge in [-0.15, -0.1) is 5.10 Å². The van der Waals surface area contributed by atoms with Gasteiger partial charge in [0.1, 0.15) is 0 Å².